The number of amides is 1. The second-order valence-electron chi connectivity index (χ2n) is 7.73. The molecule has 1 aliphatic heterocycles. The van der Waals surface area contributed by atoms with E-state index in [0.717, 1.165) is 68.9 Å². The molecule has 0 unspecified atom stereocenters. The molecule has 28 heavy (non-hydrogen) atoms. The summed E-state index contributed by atoms with van der Waals surface area (Å²) in [6, 6.07) is 12.4. The highest BCUT2D eigenvalue weighted by molar-refractivity contribution is 5.79. The van der Waals surface area contributed by atoms with Gasteiger partial charge in [0, 0.05) is 37.7 Å². The molecule has 0 aliphatic carbocycles. The molecule has 0 N–H and O–H groups in total. The number of benzene rings is 1. The molecule has 1 saturated heterocycles. The molecule has 0 saturated carbocycles. The van der Waals surface area contributed by atoms with E-state index in [-0.39, 0.29) is 5.92 Å². The molecule has 5 heteroatoms. The van der Waals surface area contributed by atoms with Crippen LogP contribution in [0.2, 0.25) is 0 Å². The fourth-order valence-corrected chi connectivity index (χ4v) is 3.87. The lowest BCUT2D eigenvalue weighted by Crippen LogP contribution is -2.50. The van der Waals surface area contributed by atoms with Crippen LogP contribution in [0, 0.1) is 12.8 Å². The zero-order chi connectivity index (χ0) is 19.9. The highest BCUT2D eigenvalue weighted by Gasteiger charge is 2.27. The van der Waals surface area contributed by atoms with E-state index < -0.39 is 0 Å². The molecule has 3 rings (SSSR count). The largest absolute Gasteiger partial charge is 0.352 e. The maximum absolute atomic E-state index is 12.8. The molecule has 5 nitrogen and oxygen atoms in total. The molecular formula is C23H32N4O. The van der Waals surface area contributed by atoms with Crippen molar-refractivity contribution in [3.8, 4) is 11.3 Å². The summed E-state index contributed by atoms with van der Waals surface area (Å²) in [7, 11) is 0. The molecule has 2 heterocycles. The maximum Gasteiger partial charge on any atom is 0.225 e. The Morgan fingerprint density at radius 2 is 1.57 bits per heavy atom. The van der Waals surface area contributed by atoms with Crippen molar-refractivity contribution >= 4 is 11.7 Å². The standard InChI is InChI=1S/C23H32N4O/c1-4-6-20(7-5-2)23(28)27-16-14-26(15-17-27)22-13-12-21(24-25-22)19-10-8-18(3)9-11-19/h8-13,20H,4-7,14-17H2,1-3H3. The summed E-state index contributed by atoms with van der Waals surface area (Å²) in [5.41, 5.74) is 3.21. The van der Waals surface area contributed by atoms with Crippen molar-refractivity contribution in [2.24, 2.45) is 5.92 Å². The molecule has 0 bridgehead atoms. The lowest BCUT2D eigenvalue weighted by Gasteiger charge is -2.36. The fraction of sp³-hybridized carbons (Fsp3) is 0.522. The molecule has 1 fully saturated rings. The fourth-order valence-electron chi connectivity index (χ4n) is 3.87. The van der Waals surface area contributed by atoms with E-state index in [9.17, 15) is 4.79 Å². The third-order valence-electron chi connectivity index (χ3n) is 5.54. The predicted octanol–water partition coefficient (Wildman–Crippen LogP) is 4.32. The van der Waals surface area contributed by atoms with Gasteiger partial charge in [-0.3, -0.25) is 4.79 Å². The molecule has 0 spiro atoms. The van der Waals surface area contributed by atoms with E-state index in [2.05, 4.69) is 60.1 Å². The second-order valence-corrected chi connectivity index (χ2v) is 7.73. The molecule has 1 amide bonds. The van der Waals surface area contributed by atoms with Gasteiger partial charge >= 0.3 is 0 Å². The normalized spacial score (nSPS) is 14.6. The number of hydrogen-bond donors (Lipinski definition) is 0. The third-order valence-corrected chi connectivity index (χ3v) is 5.54. The summed E-state index contributed by atoms with van der Waals surface area (Å²) in [5.74, 6) is 1.42. The zero-order valence-electron chi connectivity index (χ0n) is 17.4. The van der Waals surface area contributed by atoms with Crippen LogP contribution in [0.25, 0.3) is 11.3 Å². The van der Waals surface area contributed by atoms with Crippen molar-refractivity contribution in [1.82, 2.24) is 15.1 Å². The van der Waals surface area contributed by atoms with Gasteiger partial charge in [-0.05, 0) is 31.9 Å². The number of aromatic nitrogens is 2. The van der Waals surface area contributed by atoms with Gasteiger partial charge in [-0.2, -0.15) is 0 Å². The molecule has 2 aromatic rings. The van der Waals surface area contributed by atoms with E-state index in [1.54, 1.807) is 0 Å². The minimum Gasteiger partial charge on any atom is -0.352 e. The Labute approximate surface area is 168 Å². The summed E-state index contributed by atoms with van der Waals surface area (Å²) >= 11 is 0. The number of rotatable bonds is 7. The first kappa shape index (κ1) is 20.3. The Morgan fingerprint density at radius 3 is 2.11 bits per heavy atom. The van der Waals surface area contributed by atoms with Gasteiger partial charge in [-0.25, -0.2) is 0 Å². The second kappa shape index (κ2) is 9.67. The van der Waals surface area contributed by atoms with E-state index in [4.69, 9.17) is 0 Å². The Balaban J connectivity index is 1.58. The van der Waals surface area contributed by atoms with E-state index in [1.807, 2.05) is 17.0 Å². The predicted molar refractivity (Wildman–Crippen MR) is 114 cm³/mol. The van der Waals surface area contributed by atoms with E-state index in [1.165, 1.54) is 5.56 Å². The molecule has 0 atom stereocenters. The molecule has 150 valence electrons. The number of anilines is 1. The van der Waals surface area contributed by atoms with Crippen LogP contribution in [0.4, 0.5) is 5.82 Å². The van der Waals surface area contributed by atoms with Gasteiger partial charge in [-0.15, -0.1) is 10.2 Å². The minimum atomic E-state index is 0.190. The lowest BCUT2D eigenvalue weighted by molar-refractivity contribution is -0.136. The van der Waals surface area contributed by atoms with Crippen molar-refractivity contribution in [2.75, 3.05) is 31.1 Å². The zero-order valence-corrected chi connectivity index (χ0v) is 17.4. The minimum absolute atomic E-state index is 0.190. The van der Waals surface area contributed by atoms with Crippen molar-refractivity contribution < 1.29 is 4.79 Å². The Morgan fingerprint density at radius 1 is 0.929 bits per heavy atom. The first-order valence-corrected chi connectivity index (χ1v) is 10.6. The molecule has 1 aliphatic rings. The third kappa shape index (κ3) is 4.89. The van der Waals surface area contributed by atoms with Crippen LogP contribution in [0.5, 0.6) is 0 Å². The van der Waals surface area contributed by atoms with Gasteiger partial charge in [0.2, 0.25) is 5.91 Å². The van der Waals surface area contributed by atoms with Gasteiger partial charge < -0.3 is 9.80 Å². The van der Waals surface area contributed by atoms with Crippen molar-refractivity contribution in [3.63, 3.8) is 0 Å². The van der Waals surface area contributed by atoms with Crippen LogP contribution < -0.4 is 4.90 Å². The van der Waals surface area contributed by atoms with Gasteiger partial charge in [0.15, 0.2) is 5.82 Å². The van der Waals surface area contributed by atoms with Gasteiger partial charge in [0.05, 0.1) is 5.69 Å². The van der Waals surface area contributed by atoms with Gasteiger partial charge in [-0.1, -0.05) is 56.5 Å². The molecule has 1 aromatic carbocycles. The van der Waals surface area contributed by atoms with Crippen molar-refractivity contribution in [3.05, 3.63) is 42.0 Å². The summed E-state index contributed by atoms with van der Waals surface area (Å²) < 4.78 is 0. The van der Waals surface area contributed by atoms with Crippen LogP contribution in [0.15, 0.2) is 36.4 Å². The number of piperazine rings is 1. The summed E-state index contributed by atoms with van der Waals surface area (Å²) in [6.07, 6.45) is 4.14. The highest BCUT2D eigenvalue weighted by atomic mass is 16.2. The topological polar surface area (TPSA) is 49.3 Å². The highest BCUT2D eigenvalue weighted by Crippen LogP contribution is 2.21. The SMILES string of the molecule is CCCC(CCC)C(=O)N1CCN(c2ccc(-c3ccc(C)cc3)nn2)CC1. The van der Waals surface area contributed by atoms with E-state index >= 15 is 0 Å². The first-order valence-electron chi connectivity index (χ1n) is 10.6. The quantitative estimate of drug-likeness (QED) is 0.718. The Bertz CT molecular complexity index is 743. The number of carbonyl (C=O) groups is 1. The molecule has 1 aromatic heterocycles. The number of nitrogens with zero attached hydrogens (tertiary/aromatic N) is 4. The van der Waals surface area contributed by atoms with E-state index in [0.29, 0.717) is 5.91 Å². The van der Waals surface area contributed by atoms with Crippen LogP contribution >= 0.6 is 0 Å². The van der Waals surface area contributed by atoms with Crippen LogP contribution in [0.1, 0.15) is 45.1 Å². The number of carbonyl (C=O) groups excluding carboxylic acids is 1. The molecule has 0 radical (unpaired) electrons. The van der Waals surface area contributed by atoms with Crippen molar-refractivity contribution in [2.45, 2.75) is 46.5 Å². The van der Waals surface area contributed by atoms with Crippen molar-refractivity contribution in [1.29, 1.82) is 0 Å². The average molecular weight is 381 g/mol. The summed E-state index contributed by atoms with van der Waals surface area (Å²) in [4.78, 5) is 17.1. The monoisotopic (exact) mass is 380 g/mol. The Hall–Kier alpha value is -2.43. The lowest BCUT2D eigenvalue weighted by atomic mass is 9.96. The molecular weight excluding hydrogens is 348 g/mol. The van der Waals surface area contributed by atoms with Gasteiger partial charge in [0.25, 0.3) is 0 Å². The number of hydrogen-bond acceptors (Lipinski definition) is 4. The van der Waals surface area contributed by atoms with Crippen LogP contribution in [-0.4, -0.2) is 47.2 Å². The first-order chi connectivity index (χ1) is 13.6. The van der Waals surface area contributed by atoms with Gasteiger partial charge in [0.1, 0.15) is 0 Å². The van der Waals surface area contributed by atoms with Crippen LogP contribution in [-0.2, 0) is 4.79 Å². The summed E-state index contributed by atoms with van der Waals surface area (Å²) in [5, 5.41) is 8.85. The van der Waals surface area contributed by atoms with Crippen LogP contribution in [0.3, 0.4) is 0 Å². The Kier molecular flexibility index (Phi) is 7.01. The maximum atomic E-state index is 12.8. The summed E-state index contributed by atoms with van der Waals surface area (Å²) in [6.45, 7) is 9.56. The number of aryl methyl sites for hydroxylation is 1. The average Bonchev–Trinajstić information content (AvgIpc) is 2.74. The smallest absolute Gasteiger partial charge is 0.225 e.